The second kappa shape index (κ2) is 22.0. The second-order valence-corrected chi connectivity index (χ2v) is 14.6. The number of ether oxygens (including phenoxy) is 3. The van der Waals surface area contributed by atoms with E-state index in [4.69, 9.17) is 14.2 Å². The van der Waals surface area contributed by atoms with E-state index < -0.39 is 0 Å². The van der Waals surface area contributed by atoms with E-state index in [0.717, 1.165) is 77.0 Å². The van der Waals surface area contributed by atoms with Crippen molar-refractivity contribution in [3.63, 3.8) is 0 Å². The van der Waals surface area contributed by atoms with E-state index >= 15 is 0 Å². The first kappa shape index (κ1) is 42.2. The number of piperazine rings is 3. The molecule has 0 aromatic heterocycles. The maximum atomic E-state index is 12.2. The number of nitrogens with zero attached hydrogens (tertiary/aromatic N) is 6. The smallest absolute Gasteiger partial charge is 0.242 e. The van der Waals surface area contributed by atoms with E-state index in [9.17, 15) is 28.8 Å². The molecule has 300 valence electrons. The Balaban J connectivity index is 1.15. The lowest BCUT2D eigenvalue weighted by Gasteiger charge is -2.31. The Kier molecular flexibility index (Phi) is 17.2. The van der Waals surface area contributed by atoms with Gasteiger partial charge in [0, 0.05) is 59.0 Å². The number of amides is 6. The largest absolute Gasteiger partial charge is 0.493 e. The van der Waals surface area contributed by atoms with Crippen LogP contribution in [-0.2, 0) is 28.8 Å². The minimum Gasteiger partial charge on any atom is -0.493 e. The zero-order chi connectivity index (χ0) is 38.9. The fourth-order valence-corrected chi connectivity index (χ4v) is 6.54. The zero-order valence-corrected chi connectivity index (χ0v) is 32.6. The highest BCUT2D eigenvalue weighted by molar-refractivity contribution is 5.93. The summed E-state index contributed by atoms with van der Waals surface area (Å²) in [5, 5.41) is 0. The number of likely N-dealkylation sites (N-methyl/N-ethyl adjacent to an activating group) is 3. The molecule has 1 aromatic rings. The first-order chi connectivity index (χ1) is 26.0. The van der Waals surface area contributed by atoms with Gasteiger partial charge in [-0.2, -0.15) is 0 Å². The predicted molar refractivity (Wildman–Crippen MR) is 201 cm³/mol. The van der Waals surface area contributed by atoms with Crippen molar-refractivity contribution in [2.45, 2.75) is 77.0 Å². The third kappa shape index (κ3) is 14.0. The van der Waals surface area contributed by atoms with Crippen LogP contribution in [0.1, 0.15) is 77.0 Å². The van der Waals surface area contributed by atoms with Crippen LogP contribution in [0.2, 0.25) is 0 Å². The van der Waals surface area contributed by atoms with E-state index in [1.807, 2.05) is 18.2 Å². The molecule has 0 unspecified atom stereocenters. The molecule has 6 amide bonds. The SMILES string of the molecule is CN1CC(=O)N(CCCCCCOc2cc(OCCCCCCN3CC(=O)N(C)CC3=O)cc(OCCCCCCN3CC(=O)N(C)CC3=O)c2)CC1=O. The topological polar surface area (TPSA) is 150 Å². The molecule has 54 heavy (non-hydrogen) atoms. The highest BCUT2D eigenvalue weighted by Gasteiger charge is 2.28. The van der Waals surface area contributed by atoms with Gasteiger partial charge in [0.1, 0.15) is 17.2 Å². The van der Waals surface area contributed by atoms with Gasteiger partial charge < -0.3 is 43.6 Å². The number of unbranched alkanes of at least 4 members (excludes halogenated alkanes) is 9. The molecule has 3 fully saturated rings. The molecule has 0 radical (unpaired) electrons. The minimum absolute atomic E-state index is 0.00385. The Morgan fingerprint density at radius 2 is 0.630 bits per heavy atom. The quantitative estimate of drug-likeness (QED) is 0.145. The van der Waals surface area contributed by atoms with Gasteiger partial charge in [0.2, 0.25) is 35.4 Å². The Morgan fingerprint density at radius 1 is 0.370 bits per heavy atom. The summed E-state index contributed by atoms with van der Waals surface area (Å²) >= 11 is 0. The van der Waals surface area contributed by atoms with E-state index in [1.54, 1.807) is 35.8 Å². The Bertz CT molecular complexity index is 1260. The van der Waals surface area contributed by atoms with E-state index in [1.165, 1.54) is 14.7 Å². The summed E-state index contributed by atoms with van der Waals surface area (Å²) in [7, 11) is 4.96. The van der Waals surface area contributed by atoms with Crippen molar-refractivity contribution in [2.24, 2.45) is 0 Å². The maximum absolute atomic E-state index is 12.2. The summed E-state index contributed by atoms with van der Waals surface area (Å²) in [6.07, 6.45) is 10.7. The van der Waals surface area contributed by atoms with Crippen LogP contribution in [0.5, 0.6) is 17.2 Å². The molecule has 3 saturated heterocycles. The monoisotopic (exact) mass is 756 g/mol. The van der Waals surface area contributed by atoms with Crippen molar-refractivity contribution >= 4 is 35.4 Å². The molecule has 3 aliphatic rings. The summed E-state index contributed by atoms with van der Waals surface area (Å²) in [5.74, 6) is 1.92. The highest BCUT2D eigenvalue weighted by Crippen LogP contribution is 2.29. The zero-order valence-electron chi connectivity index (χ0n) is 32.6. The van der Waals surface area contributed by atoms with Crippen molar-refractivity contribution in [1.82, 2.24) is 29.4 Å². The molecule has 3 aliphatic heterocycles. The Morgan fingerprint density at radius 3 is 0.907 bits per heavy atom. The summed E-state index contributed by atoms with van der Waals surface area (Å²) in [5.41, 5.74) is 0. The minimum atomic E-state index is -0.0252. The molecular weight excluding hydrogens is 696 g/mol. The van der Waals surface area contributed by atoms with Crippen LogP contribution in [0.3, 0.4) is 0 Å². The molecule has 0 N–H and O–H groups in total. The van der Waals surface area contributed by atoms with Gasteiger partial charge in [-0.3, -0.25) is 28.8 Å². The average Bonchev–Trinajstić information content (AvgIpc) is 3.13. The van der Waals surface area contributed by atoms with Gasteiger partial charge in [0.05, 0.1) is 59.1 Å². The number of hydrogen-bond donors (Lipinski definition) is 0. The molecule has 15 nitrogen and oxygen atoms in total. The molecule has 1 aromatic carbocycles. The van der Waals surface area contributed by atoms with Crippen molar-refractivity contribution < 1.29 is 43.0 Å². The first-order valence-electron chi connectivity index (χ1n) is 19.6. The molecule has 0 saturated carbocycles. The normalized spacial score (nSPS) is 16.9. The van der Waals surface area contributed by atoms with Crippen molar-refractivity contribution in [1.29, 1.82) is 0 Å². The van der Waals surface area contributed by atoms with Crippen LogP contribution in [0.25, 0.3) is 0 Å². The number of carbonyl (C=O) groups excluding carboxylic acids is 6. The molecule has 0 spiro atoms. The second-order valence-electron chi connectivity index (χ2n) is 14.6. The lowest BCUT2D eigenvalue weighted by molar-refractivity contribution is -0.148. The number of carbonyl (C=O) groups is 6. The molecule has 15 heteroatoms. The maximum Gasteiger partial charge on any atom is 0.242 e. The number of rotatable bonds is 24. The van der Waals surface area contributed by atoms with Gasteiger partial charge in [-0.15, -0.1) is 0 Å². The lowest BCUT2D eigenvalue weighted by atomic mass is 10.2. The van der Waals surface area contributed by atoms with Gasteiger partial charge in [-0.1, -0.05) is 38.5 Å². The van der Waals surface area contributed by atoms with Gasteiger partial charge >= 0.3 is 0 Å². The van der Waals surface area contributed by atoms with Crippen LogP contribution in [0.4, 0.5) is 0 Å². The van der Waals surface area contributed by atoms with Gasteiger partial charge in [-0.25, -0.2) is 0 Å². The summed E-state index contributed by atoms with van der Waals surface area (Å²) in [6.45, 7) is 4.27. The summed E-state index contributed by atoms with van der Waals surface area (Å²) in [4.78, 5) is 81.7. The molecule has 4 rings (SSSR count). The molecule has 3 heterocycles. The van der Waals surface area contributed by atoms with Crippen LogP contribution < -0.4 is 14.2 Å². The molecule has 0 atom stereocenters. The fourth-order valence-electron chi connectivity index (χ4n) is 6.54. The predicted octanol–water partition coefficient (Wildman–Crippen LogP) is 2.41. The van der Waals surface area contributed by atoms with Crippen LogP contribution >= 0.6 is 0 Å². The molecule has 0 bridgehead atoms. The summed E-state index contributed by atoms with van der Waals surface area (Å²) in [6, 6.07) is 5.63. The van der Waals surface area contributed by atoms with Crippen LogP contribution in [0.15, 0.2) is 18.2 Å². The Hall–Kier alpha value is -4.56. The van der Waals surface area contributed by atoms with Crippen molar-refractivity contribution in [3.05, 3.63) is 18.2 Å². The van der Waals surface area contributed by atoms with Gasteiger partial charge in [0.25, 0.3) is 0 Å². The summed E-state index contributed by atoms with van der Waals surface area (Å²) < 4.78 is 18.3. The number of hydrogen-bond acceptors (Lipinski definition) is 9. The standard InChI is InChI=1S/C39H60N6O9/c1-40-25-37(49)43(28-34(40)46)16-10-4-7-13-19-52-31-22-32(53-20-14-8-5-11-17-44-29-35(47)41(2)26-38(44)50)24-33(23-31)54-21-15-9-6-12-18-45-30-36(48)42(3)27-39(45)51/h22-24H,4-21,25-30H2,1-3H3. The van der Waals surface area contributed by atoms with Crippen molar-refractivity contribution in [2.75, 3.05) is 99.9 Å². The molecule has 0 aliphatic carbocycles. The lowest BCUT2D eigenvalue weighted by Crippen LogP contribution is -2.52. The fraction of sp³-hybridized carbons (Fsp3) is 0.692. The van der Waals surface area contributed by atoms with Crippen LogP contribution in [-0.4, -0.2) is 165 Å². The average molecular weight is 757 g/mol. The van der Waals surface area contributed by atoms with Gasteiger partial charge in [0.15, 0.2) is 0 Å². The van der Waals surface area contributed by atoms with Gasteiger partial charge in [-0.05, 0) is 38.5 Å². The third-order valence-corrected chi connectivity index (χ3v) is 10.1. The highest BCUT2D eigenvalue weighted by atomic mass is 16.5. The molecular formula is C39H60N6O9. The third-order valence-electron chi connectivity index (χ3n) is 10.1. The Labute approximate surface area is 319 Å². The van der Waals surface area contributed by atoms with E-state index in [2.05, 4.69) is 0 Å². The van der Waals surface area contributed by atoms with Crippen LogP contribution in [0, 0.1) is 0 Å². The van der Waals surface area contributed by atoms with E-state index in [-0.39, 0.29) is 74.7 Å². The van der Waals surface area contributed by atoms with Crippen molar-refractivity contribution in [3.8, 4) is 17.2 Å². The first-order valence-corrected chi connectivity index (χ1v) is 19.6. The number of benzene rings is 1. The van der Waals surface area contributed by atoms with E-state index in [0.29, 0.717) is 56.7 Å².